The Balaban J connectivity index is 1.87. The van der Waals surface area contributed by atoms with E-state index < -0.39 is 10.0 Å². The lowest BCUT2D eigenvalue weighted by molar-refractivity contribution is 0.602. The molecule has 0 aliphatic heterocycles. The summed E-state index contributed by atoms with van der Waals surface area (Å²) in [6, 6.07) is 8.80. The monoisotopic (exact) mass is 345 g/mol. The summed E-state index contributed by atoms with van der Waals surface area (Å²) in [6.07, 6.45) is 4.57. The maximum atomic E-state index is 12.6. The highest BCUT2D eigenvalue weighted by molar-refractivity contribution is 7.93. The standard InChI is InChI=1S/C16H19N5O2S/c1-3-20(4-2)16-9-8-13(11-17-16)19-24(22,23)15-12-18-21-10-6-5-7-14(15)21/h5-12,19H,3-4H2,1-2H3. The van der Waals surface area contributed by atoms with Crippen LogP contribution in [0.2, 0.25) is 0 Å². The summed E-state index contributed by atoms with van der Waals surface area (Å²) in [5, 5.41) is 4.06. The van der Waals surface area contributed by atoms with Gasteiger partial charge >= 0.3 is 0 Å². The van der Waals surface area contributed by atoms with Crippen LogP contribution in [0.25, 0.3) is 5.52 Å². The maximum absolute atomic E-state index is 12.6. The number of nitrogens with zero attached hydrogens (tertiary/aromatic N) is 4. The van der Waals surface area contributed by atoms with Gasteiger partial charge in [-0.25, -0.2) is 17.9 Å². The van der Waals surface area contributed by atoms with E-state index in [1.54, 1.807) is 36.5 Å². The highest BCUT2D eigenvalue weighted by atomic mass is 32.2. The Labute approximate surface area is 141 Å². The SMILES string of the molecule is CCN(CC)c1ccc(NS(=O)(=O)c2cnn3ccccc23)cn1. The third-order valence-corrected chi connectivity index (χ3v) is 5.17. The Hall–Kier alpha value is -2.61. The van der Waals surface area contributed by atoms with Gasteiger partial charge in [0.05, 0.1) is 23.6 Å². The number of pyridine rings is 2. The van der Waals surface area contributed by atoms with Crippen LogP contribution in [0.1, 0.15) is 13.8 Å². The molecule has 24 heavy (non-hydrogen) atoms. The number of hydrogen-bond donors (Lipinski definition) is 1. The predicted octanol–water partition coefficient (Wildman–Crippen LogP) is 2.38. The molecule has 0 radical (unpaired) electrons. The highest BCUT2D eigenvalue weighted by Crippen LogP contribution is 2.21. The van der Waals surface area contributed by atoms with Crippen LogP contribution in [0.4, 0.5) is 11.5 Å². The van der Waals surface area contributed by atoms with Gasteiger partial charge in [-0.2, -0.15) is 5.10 Å². The smallest absolute Gasteiger partial charge is 0.265 e. The van der Waals surface area contributed by atoms with Gasteiger partial charge in [0.25, 0.3) is 10.0 Å². The maximum Gasteiger partial charge on any atom is 0.265 e. The molecule has 3 aromatic rings. The first-order valence-electron chi connectivity index (χ1n) is 7.71. The first-order chi connectivity index (χ1) is 11.5. The van der Waals surface area contributed by atoms with Gasteiger partial charge in [-0.3, -0.25) is 4.72 Å². The zero-order valence-electron chi connectivity index (χ0n) is 13.5. The molecule has 0 saturated carbocycles. The third kappa shape index (κ3) is 3.05. The lowest BCUT2D eigenvalue weighted by Gasteiger charge is -2.19. The second-order valence-corrected chi connectivity index (χ2v) is 6.87. The molecule has 0 aliphatic carbocycles. The largest absolute Gasteiger partial charge is 0.357 e. The quantitative estimate of drug-likeness (QED) is 0.742. The molecule has 8 heteroatoms. The van der Waals surface area contributed by atoms with E-state index in [9.17, 15) is 8.42 Å². The molecule has 7 nitrogen and oxygen atoms in total. The van der Waals surface area contributed by atoms with E-state index >= 15 is 0 Å². The number of anilines is 2. The summed E-state index contributed by atoms with van der Waals surface area (Å²) >= 11 is 0. The average molecular weight is 345 g/mol. The van der Waals surface area contributed by atoms with Gasteiger partial charge in [0.1, 0.15) is 10.7 Å². The van der Waals surface area contributed by atoms with E-state index in [-0.39, 0.29) is 4.90 Å². The number of rotatable bonds is 6. The summed E-state index contributed by atoms with van der Waals surface area (Å²) in [4.78, 5) is 6.55. The Kier molecular flexibility index (Phi) is 4.39. The van der Waals surface area contributed by atoms with Gasteiger partial charge < -0.3 is 4.90 Å². The van der Waals surface area contributed by atoms with E-state index in [1.165, 1.54) is 16.9 Å². The molecule has 0 aliphatic rings. The summed E-state index contributed by atoms with van der Waals surface area (Å²) in [6.45, 7) is 5.79. The van der Waals surface area contributed by atoms with Crippen LogP contribution in [-0.4, -0.2) is 36.1 Å². The van der Waals surface area contributed by atoms with Crippen molar-refractivity contribution >= 4 is 27.0 Å². The molecular weight excluding hydrogens is 326 g/mol. The summed E-state index contributed by atoms with van der Waals surface area (Å²) in [5.41, 5.74) is 0.943. The fraction of sp³-hybridized carbons (Fsp3) is 0.250. The highest BCUT2D eigenvalue weighted by Gasteiger charge is 2.19. The normalized spacial score (nSPS) is 11.6. The number of nitrogens with one attached hydrogen (secondary N) is 1. The van der Waals surface area contributed by atoms with Gasteiger partial charge in [-0.05, 0) is 38.1 Å². The molecule has 3 heterocycles. The molecule has 0 aromatic carbocycles. The lowest BCUT2D eigenvalue weighted by atomic mass is 10.4. The Morgan fingerprint density at radius 1 is 1.12 bits per heavy atom. The molecule has 0 spiro atoms. The molecule has 3 rings (SSSR count). The van der Waals surface area contributed by atoms with Gasteiger partial charge in [0.15, 0.2) is 0 Å². The molecule has 0 amide bonds. The molecule has 1 N–H and O–H groups in total. The molecule has 0 saturated heterocycles. The van der Waals surface area contributed by atoms with E-state index in [0.29, 0.717) is 11.2 Å². The zero-order chi connectivity index (χ0) is 17.2. The number of sulfonamides is 1. The number of aromatic nitrogens is 3. The summed E-state index contributed by atoms with van der Waals surface area (Å²) in [7, 11) is -3.73. The molecule has 0 unspecified atom stereocenters. The minimum Gasteiger partial charge on any atom is -0.357 e. The van der Waals surface area contributed by atoms with Crippen molar-refractivity contribution in [2.24, 2.45) is 0 Å². The first kappa shape index (κ1) is 16.3. The van der Waals surface area contributed by atoms with Gasteiger partial charge in [0, 0.05) is 19.3 Å². The van der Waals surface area contributed by atoms with E-state index in [4.69, 9.17) is 0 Å². The van der Waals surface area contributed by atoms with Gasteiger partial charge in [-0.15, -0.1) is 0 Å². The van der Waals surface area contributed by atoms with Crippen LogP contribution >= 0.6 is 0 Å². The molecule has 3 aromatic heterocycles. The first-order valence-corrected chi connectivity index (χ1v) is 9.19. The molecular formula is C16H19N5O2S. The van der Waals surface area contributed by atoms with Gasteiger partial charge in [0.2, 0.25) is 0 Å². The van der Waals surface area contributed by atoms with Crippen LogP contribution in [0.15, 0.2) is 53.8 Å². The second-order valence-electron chi connectivity index (χ2n) is 5.22. The number of fused-ring (bicyclic) bond motifs is 1. The third-order valence-electron chi connectivity index (χ3n) is 3.77. The fourth-order valence-electron chi connectivity index (χ4n) is 2.51. The van der Waals surface area contributed by atoms with E-state index in [0.717, 1.165) is 18.9 Å². The van der Waals surface area contributed by atoms with Crippen molar-refractivity contribution in [2.75, 3.05) is 22.7 Å². The van der Waals surface area contributed by atoms with Crippen molar-refractivity contribution in [1.29, 1.82) is 0 Å². The Morgan fingerprint density at radius 2 is 1.92 bits per heavy atom. The average Bonchev–Trinajstić information content (AvgIpc) is 3.02. The van der Waals surface area contributed by atoms with Crippen molar-refractivity contribution in [2.45, 2.75) is 18.7 Å². The lowest BCUT2D eigenvalue weighted by Crippen LogP contribution is -2.22. The zero-order valence-corrected chi connectivity index (χ0v) is 14.4. The predicted molar refractivity (Wildman–Crippen MR) is 93.8 cm³/mol. The van der Waals surface area contributed by atoms with Crippen molar-refractivity contribution in [3.8, 4) is 0 Å². The molecule has 0 fully saturated rings. The van der Waals surface area contributed by atoms with Crippen LogP contribution in [0.3, 0.4) is 0 Å². The summed E-state index contributed by atoms with van der Waals surface area (Å²) < 4.78 is 29.3. The Morgan fingerprint density at radius 3 is 2.58 bits per heavy atom. The van der Waals surface area contributed by atoms with Crippen LogP contribution < -0.4 is 9.62 Å². The second kappa shape index (κ2) is 6.48. The van der Waals surface area contributed by atoms with E-state index in [2.05, 4.69) is 19.7 Å². The molecule has 0 bridgehead atoms. The molecule has 0 atom stereocenters. The van der Waals surface area contributed by atoms with Gasteiger partial charge in [-0.1, -0.05) is 6.07 Å². The fourth-order valence-corrected chi connectivity index (χ4v) is 3.67. The summed E-state index contributed by atoms with van der Waals surface area (Å²) in [5.74, 6) is 0.818. The van der Waals surface area contributed by atoms with Crippen LogP contribution in [0.5, 0.6) is 0 Å². The van der Waals surface area contributed by atoms with Crippen molar-refractivity contribution in [3.05, 3.63) is 48.9 Å². The van der Waals surface area contributed by atoms with Crippen molar-refractivity contribution < 1.29 is 8.42 Å². The van der Waals surface area contributed by atoms with Crippen molar-refractivity contribution in [1.82, 2.24) is 14.6 Å². The molecule has 126 valence electrons. The van der Waals surface area contributed by atoms with Crippen LogP contribution in [-0.2, 0) is 10.0 Å². The van der Waals surface area contributed by atoms with E-state index in [1.807, 2.05) is 13.8 Å². The number of hydrogen-bond acceptors (Lipinski definition) is 5. The minimum absolute atomic E-state index is 0.135. The Bertz CT molecular complexity index is 931. The van der Waals surface area contributed by atoms with Crippen LogP contribution in [0, 0.1) is 0 Å². The topological polar surface area (TPSA) is 79.6 Å². The van der Waals surface area contributed by atoms with Crippen molar-refractivity contribution in [3.63, 3.8) is 0 Å². The minimum atomic E-state index is -3.73.